The van der Waals surface area contributed by atoms with E-state index in [2.05, 4.69) is 10.1 Å². The molecule has 16 heavy (non-hydrogen) atoms. The minimum absolute atomic E-state index is 0.115. The van der Waals surface area contributed by atoms with Crippen molar-refractivity contribution >= 4 is 11.6 Å². The molecule has 84 valence electrons. The largest absolute Gasteiger partial charge is 0.508 e. The van der Waals surface area contributed by atoms with Crippen LogP contribution >= 0.6 is 11.6 Å². The summed E-state index contributed by atoms with van der Waals surface area (Å²) >= 11 is 5.98. The SMILES string of the molecule is CC(C)c1noc(-c2cc(O)ccc2Cl)n1. The minimum atomic E-state index is 0.115. The Labute approximate surface area is 97.9 Å². The summed E-state index contributed by atoms with van der Waals surface area (Å²) in [6, 6.07) is 4.59. The number of aromatic nitrogens is 2. The molecule has 4 nitrogen and oxygen atoms in total. The first-order valence-corrected chi connectivity index (χ1v) is 5.28. The predicted octanol–water partition coefficient (Wildman–Crippen LogP) is 3.22. The van der Waals surface area contributed by atoms with E-state index in [1.54, 1.807) is 6.07 Å². The molecule has 0 saturated carbocycles. The number of phenols is 1. The van der Waals surface area contributed by atoms with Crippen LogP contribution in [0, 0.1) is 0 Å². The number of aromatic hydroxyl groups is 1. The van der Waals surface area contributed by atoms with Crippen molar-refractivity contribution in [3.8, 4) is 17.2 Å². The summed E-state index contributed by atoms with van der Waals surface area (Å²) in [5.74, 6) is 1.25. The van der Waals surface area contributed by atoms with Gasteiger partial charge in [0.25, 0.3) is 5.89 Å². The lowest BCUT2D eigenvalue weighted by atomic mass is 10.2. The molecule has 0 aliphatic rings. The van der Waals surface area contributed by atoms with Gasteiger partial charge in [0.2, 0.25) is 0 Å². The molecule has 2 rings (SSSR count). The first-order valence-electron chi connectivity index (χ1n) is 4.90. The van der Waals surface area contributed by atoms with Crippen LogP contribution in [-0.4, -0.2) is 15.2 Å². The van der Waals surface area contributed by atoms with Gasteiger partial charge < -0.3 is 9.63 Å². The zero-order chi connectivity index (χ0) is 11.7. The summed E-state index contributed by atoms with van der Waals surface area (Å²) < 4.78 is 5.09. The molecule has 2 aromatic rings. The topological polar surface area (TPSA) is 59.2 Å². The molecule has 0 saturated heterocycles. The Kier molecular flexibility index (Phi) is 2.83. The Morgan fingerprint density at radius 3 is 2.75 bits per heavy atom. The number of benzene rings is 1. The van der Waals surface area contributed by atoms with Gasteiger partial charge in [0, 0.05) is 5.92 Å². The van der Waals surface area contributed by atoms with Crippen LogP contribution in [0.25, 0.3) is 11.5 Å². The van der Waals surface area contributed by atoms with E-state index < -0.39 is 0 Å². The molecule has 0 unspecified atom stereocenters. The zero-order valence-corrected chi connectivity index (χ0v) is 9.69. The summed E-state index contributed by atoms with van der Waals surface area (Å²) in [4.78, 5) is 4.21. The second-order valence-corrected chi connectivity index (χ2v) is 4.18. The first kappa shape index (κ1) is 11.0. The molecule has 0 spiro atoms. The quantitative estimate of drug-likeness (QED) is 0.873. The van der Waals surface area contributed by atoms with Crippen LogP contribution in [-0.2, 0) is 0 Å². The Bertz CT molecular complexity index is 508. The fraction of sp³-hybridized carbons (Fsp3) is 0.273. The van der Waals surface area contributed by atoms with Crippen molar-refractivity contribution in [2.24, 2.45) is 0 Å². The third-order valence-electron chi connectivity index (χ3n) is 2.14. The molecule has 0 aliphatic carbocycles. The van der Waals surface area contributed by atoms with Gasteiger partial charge in [-0.3, -0.25) is 0 Å². The molecular weight excluding hydrogens is 228 g/mol. The van der Waals surface area contributed by atoms with Gasteiger partial charge in [0.15, 0.2) is 5.82 Å². The lowest BCUT2D eigenvalue weighted by Crippen LogP contribution is -1.89. The van der Waals surface area contributed by atoms with Crippen LogP contribution in [0.5, 0.6) is 5.75 Å². The van der Waals surface area contributed by atoms with Crippen LogP contribution in [0.15, 0.2) is 22.7 Å². The summed E-state index contributed by atoms with van der Waals surface area (Å²) in [6.07, 6.45) is 0. The molecule has 1 aromatic heterocycles. The maximum absolute atomic E-state index is 9.37. The standard InChI is InChI=1S/C11H11ClN2O2/c1-6(2)10-13-11(16-14-10)8-5-7(15)3-4-9(8)12/h3-6,15H,1-2H3. The second-order valence-electron chi connectivity index (χ2n) is 3.78. The van der Waals surface area contributed by atoms with Gasteiger partial charge in [-0.25, -0.2) is 0 Å². The fourth-order valence-electron chi connectivity index (χ4n) is 1.26. The number of phenolic OH excluding ortho intramolecular Hbond substituents is 1. The third-order valence-corrected chi connectivity index (χ3v) is 2.47. The van der Waals surface area contributed by atoms with Crippen molar-refractivity contribution < 1.29 is 9.63 Å². The van der Waals surface area contributed by atoms with Crippen molar-refractivity contribution in [1.29, 1.82) is 0 Å². The Hall–Kier alpha value is -1.55. The van der Waals surface area contributed by atoms with Gasteiger partial charge in [-0.2, -0.15) is 4.98 Å². The lowest BCUT2D eigenvalue weighted by Gasteiger charge is -1.99. The van der Waals surface area contributed by atoms with E-state index in [0.29, 0.717) is 22.3 Å². The van der Waals surface area contributed by atoms with E-state index in [1.165, 1.54) is 12.1 Å². The number of halogens is 1. The molecule has 5 heteroatoms. The number of nitrogens with zero attached hydrogens (tertiary/aromatic N) is 2. The summed E-state index contributed by atoms with van der Waals surface area (Å²) in [6.45, 7) is 3.94. The monoisotopic (exact) mass is 238 g/mol. The maximum Gasteiger partial charge on any atom is 0.259 e. The molecule has 1 aromatic carbocycles. The van der Waals surface area contributed by atoms with E-state index >= 15 is 0 Å². The summed E-state index contributed by atoms with van der Waals surface area (Å²) in [5.41, 5.74) is 0.543. The normalized spacial score (nSPS) is 11.0. The summed E-state index contributed by atoms with van der Waals surface area (Å²) in [7, 11) is 0. The average Bonchev–Trinajstić information content (AvgIpc) is 2.70. The second kappa shape index (κ2) is 4.14. The van der Waals surface area contributed by atoms with Crippen molar-refractivity contribution in [3.05, 3.63) is 29.0 Å². The highest BCUT2D eigenvalue weighted by Crippen LogP contribution is 2.30. The minimum Gasteiger partial charge on any atom is -0.508 e. The van der Waals surface area contributed by atoms with E-state index in [-0.39, 0.29) is 11.7 Å². The first-order chi connectivity index (χ1) is 7.58. The molecule has 1 heterocycles. The highest BCUT2D eigenvalue weighted by Gasteiger charge is 2.14. The van der Waals surface area contributed by atoms with Crippen LogP contribution < -0.4 is 0 Å². The third kappa shape index (κ3) is 2.02. The van der Waals surface area contributed by atoms with Crippen LogP contribution in [0.2, 0.25) is 5.02 Å². The van der Waals surface area contributed by atoms with E-state index in [0.717, 1.165) is 0 Å². The molecule has 0 aliphatic heterocycles. The van der Waals surface area contributed by atoms with Gasteiger partial charge in [-0.05, 0) is 18.2 Å². The van der Waals surface area contributed by atoms with Crippen molar-refractivity contribution in [2.75, 3.05) is 0 Å². The zero-order valence-electron chi connectivity index (χ0n) is 8.94. The molecule has 0 bridgehead atoms. The van der Waals surface area contributed by atoms with E-state index in [1.807, 2.05) is 13.8 Å². The van der Waals surface area contributed by atoms with Gasteiger partial charge in [-0.1, -0.05) is 30.6 Å². The lowest BCUT2D eigenvalue weighted by molar-refractivity contribution is 0.418. The smallest absolute Gasteiger partial charge is 0.259 e. The van der Waals surface area contributed by atoms with Crippen LogP contribution in [0.4, 0.5) is 0 Å². The molecule has 0 radical (unpaired) electrons. The molecule has 0 amide bonds. The van der Waals surface area contributed by atoms with E-state index in [4.69, 9.17) is 16.1 Å². The van der Waals surface area contributed by atoms with Crippen molar-refractivity contribution in [2.45, 2.75) is 19.8 Å². The Morgan fingerprint density at radius 1 is 1.38 bits per heavy atom. The molecular formula is C11H11ClN2O2. The number of hydrogen-bond acceptors (Lipinski definition) is 4. The van der Waals surface area contributed by atoms with Crippen molar-refractivity contribution in [3.63, 3.8) is 0 Å². The van der Waals surface area contributed by atoms with Gasteiger partial charge >= 0.3 is 0 Å². The maximum atomic E-state index is 9.37. The fourth-order valence-corrected chi connectivity index (χ4v) is 1.45. The van der Waals surface area contributed by atoms with Crippen molar-refractivity contribution in [1.82, 2.24) is 10.1 Å². The van der Waals surface area contributed by atoms with Crippen LogP contribution in [0.1, 0.15) is 25.6 Å². The van der Waals surface area contributed by atoms with Gasteiger partial charge in [-0.15, -0.1) is 0 Å². The van der Waals surface area contributed by atoms with Crippen LogP contribution in [0.3, 0.4) is 0 Å². The van der Waals surface area contributed by atoms with Gasteiger partial charge in [0.05, 0.1) is 10.6 Å². The highest BCUT2D eigenvalue weighted by molar-refractivity contribution is 6.33. The predicted molar refractivity (Wildman–Crippen MR) is 60.5 cm³/mol. The molecule has 1 N–H and O–H groups in total. The Morgan fingerprint density at radius 2 is 2.12 bits per heavy atom. The van der Waals surface area contributed by atoms with Gasteiger partial charge in [0.1, 0.15) is 5.75 Å². The number of rotatable bonds is 2. The highest BCUT2D eigenvalue weighted by atomic mass is 35.5. The number of hydrogen-bond donors (Lipinski definition) is 1. The molecule has 0 atom stereocenters. The Balaban J connectivity index is 2.46. The van der Waals surface area contributed by atoms with E-state index in [9.17, 15) is 5.11 Å². The summed E-state index contributed by atoms with van der Waals surface area (Å²) in [5, 5.41) is 13.7. The molecule has 0 fully saturated rings. The average molecular weight is 239 g/mol.